The molecule has 1 atom stereocenters. The Kier molecular flexibility index (Phi) is 5.43. The predicted molar refractivity (Wildman–Crippen MR) is 76.4 cm³/mol. The number of halogens is 3. The standard InChI is InChI=1S/C10H11Br3N2O/c1-2-8(14)10(16)15-9-6(12)3-5(11)4-7(9)13/h3-4,8H,2,14H2,1H3,(H,15,16). The van der Waals surface area contributed by atoms with Gasteiger partial charge in [0.15, 0.2) is 0 Å². The topological polar surface area (TPSA) is 55.1 Å². The van der Waals surface area contributed by atoms with E-state index >= 15 is 0 Å². The first kappa shape index (κ1) is 14.2. The van der Waals surface area contributed by atoms with Crippen LogP contribution in [-0.2, 0) is 4.79 Å². The summed E-state index contributed by atoms with van der Waals surface area (Å²) >= 11 is 10.1. The van der Waals surface area contributed by atoms with Crippen molar-refractivity contribution in [3.63, 3.8) is 0 Å². The quantitative estimate of drug-likeness (QED) is 0.793. The van der Waals surface area contributed by atoms with E-state index in [1.807, 2.05) is 19.1 Å². The van der Waals surface area contributed by atoms with Gasteiger partial charge in [-0.05, 0) is 50.4 Å². The molecule has 0 radical (unpaired) electrons. The molecule has 1 rings (SSSR count). The Morgan fingerprint density at radius 2 is 1.88 bits per heavy atom. The molecule has 3 N–H and O–H groups in total. The van der Waals surface area contributed by atoms with Gasteiger partial charge in [-0.3, -0.25) is 4.79 Å². The third-order valence-electron chi connectivity index (χ3n) is 2.03. The normalized spacial score (nSPS) is 12.3. The van der Waals surface area contributed by atoms with Crippen molar-refractivity contribution in [3.8, 4) is 0 Å². The Morgan fingerprint density at radius 1 is 1.38 bits per heavy atom. The molecule has 0 aromatic heterocycles. The van der Waals surface area contributed by atoms with Crippen molar-refractivity contribution >= 4 is 59.4 Å². The second kappa shape index (κ2) is 6.14. The van der Waals surface area contributed by atoms with E-state index in [2.05, 4.69) is 53.1 Å². The van der Waals surface area contributed by atoms with Gasteiger partial charge in [-0.15, -0.1) is 0 Å². The molecule has 0 bridgehead atoms. The third-order valence-corrected chi connectivity index (χ3v) is 3.74. The molecule has 1 unspecified atom stereocenters. The van der Waals surface area contributed by atoms with Crippen LogP contribution in [0.2, 0.25) is 0 Å². The summed E-state index contributed by atoms with van der Waals surface area (Å²) in [6, 6.07) is 3.23. The minimum Gasteiger partial charge on any atom is -0.323 e. The monoisotopic (exact) mass is 412 g/mol. The molecule has 0 aliphatic rings. The van der Waals surface area contributed by atoms with Gasteiger partial charge in [0.25, 0.3) is 0 Å². The van der Waals surface area contributed by atoms with Crippen LogP contribution in [-0.4, -0.2) is 11.9 Å². The third kappa shape index (κ3) is 3.55. The highest BCUT2D eigenvalue weighted by molar-refractivity contribution is 9.11. The molecule has 0 aliphatic heterocycles. The molecular weight excluding hydrogens is 404 g/mol. The average Bonchev–Trinajstić information content (AvgIpc) is 2.21. The fourth-order valence-electron chi connectivity index (χ4n) is 1.06. The van der Waals surface area contributed by atoms with Gasteiger partial charge in [-0.25, -0.2) is 0 Å². The average molecular weight is 415 g/mol. The van der Waals surface area contributed by atoms with Gasteiger partial charge in [0, 0.05) is 13.4 Å². The minimum absolute atomic E-state index is 0.189. The van der Waals surface area contributed by atoms with Crippen molar-refractivity contribution in [2.45, 2.75) is 19.4 Å². The van der Waals surface area contributed by atoms with Gasteiger partial charge < -0.3 is 11.1 Å². The van der Waals surface area contributed by atoms with Gasteiger partial charge in [0.05, 0.1) is 11.7 Å². The number of anilines is 1. The van der Waals surface area contributed by atoms with Crippen molar-refractivity contribution in [1.82, 2.24) is 0 Å². The molecule has 0 aliphatic carbocycles. The van der Waals surface area contributed by atoms with E-state index in [1.54, 1.807) is 0 Å². The van der Waals surface area contributed by atoms with Gasteiger partial charge in [-0.1, -0.05) is 22.9 Å². The molecule has 88 valence electrons. The van der Waals surface area contributed by atoms with Crippen LogP contribution in [0.25, 0.3) is 0 Å². The van der Waals surface area contributed by atoms with Crippen LogP contribution in [0.3, 0.4) is 0 Å². The maximum atomic E-state index is 11.6. The summed E-state index contributed by atoms with van der Waals surface area (Å²) in [6.07, 6.45) is 0.609. The molecule has 16 heavy (non-hydrogen) atoms. The van der Waals surface area contributed by atoms with E-state index in [9.17, 15) is 4.79 Å². The molecule has 0 heterocycles. The number of carbonyl (C=O) groups is 1. The van der Waals surface area contributed by atoms with Crippen molar-refractivity contribution in [3.05, 3.63) is 25.6 Å². The summed E-state index contributed by atoms with van der Waals surface area (Å²) in [6.45, 7) is 1.87. The van der Waals surface area contributed by atoms with Gasteiger partial charge in [0.2, 0.25) is 5.91 Å². The van der Waals surface area contributed by atoms with Crippen LogP contribution in [0.4, 0.5) is 5.69 Å². The lowest BCUT2D eigenvalue weighted by Crippen LogP contribution is -2.35. The molecule has 3 nitrogen and oxygen atoms in total. The SMILES string of the molecule is CCC(N)C(=O)Nc1c(Br)cc(Br)cc1Br. The highest BCUT2D eigenvalue weighted by Crippen LogP contribution is 2.34. The number of rotatable bonds is 3. The molecule has 1 amide bonds. The predicted octanol–water partition coefficient (Wildman–Crippen LogP) is 3.65. The fraction of sp³-hybridized carbons (Fsp3) is 0.300. The largest absolute Gasteiger partial charge is 0.323 e. The number of nitrogens with one attached hydrogen (secondary N) is 1. The number of amides is 1. The van der Waals surface area contributed by atoms with Gasteiger partial charge >= 0.3 is 0 Å². The highest BCUT2D eigenvalue weighted by Gasteiger charge is 2.14. The van der Waals surface area contributed by atoms with Gasteiger partial charge in [-0.2, -0.15) is 0 Å². The maximum absolute atomic E-state index is 11.6. The Labute approximate surface area is 120 Å². The van der Waals surface area contributed by atoms with Gasteiger partial charge in [0.1, 0.15) is 0 Å². The van der Waals surface area contributed by atoms with Crippen molar-refractivity contribution < 1.29 is 4.79 Å². The fourth-order valence-corrected chi connectivity index (χ4v) is 3.52. The summed E-state index contributed by atoms with van der Waals surface area (Å²) in [7, 11) is 0. The van der Waals surface area contributed by atoms with E-state index in [-0.39, 0.29) is 5.91 Å². The number of carbonyl (C=O) groups excluding carboxylic acids is 1. The minimum atomic E-state index is -0.484. The van der Waals surface area contributed by atoms with Crippen LogP contribution < -0.4 is 11.1 Å². The number of hydrogen-bond acceptors (Lipinski definition) is 2. The second-order valence-electron chi connectivity index (χ2n) is 3.25. The van der Waals surface area contributed by atoms with Crippen molar-refractivity contribution in [2.75, 3.05) is 5.32 Å². The van der Waals surface area contributed by atoms with Crippen LogP contribution in [0, 0.1) is 0 Å². The van der Waals surface area contributed by atoms with Crippen LogP contribution in [0.15, 0.2) is 25.6 Å². The number of benzene rings is 1. The van der Waals surface area contributed by atoms with E-state index in [1.165, 1.54) is 0 Å². The Balaban J connectivity index is 2.93. The first-order valence-electron chi connectivity index (χ1n) is 4.66. The van der Waals surface area contributed by atoms with Crippen molar-refractivity contribution in [1.29, 1.82) is 0 Å². The van der Waals surface area contributed by atoms with E-state index in [4.69, 9.17) is 5.73 Å². The zero-order chi connectivity index (χ0) is 12.3. The smallest absolute Gasteiger partial charge is 0.241 e. The van der Waals surface area contributed by atoms with Crippen LogP contribution in [0.5, 0.6) is 0 Å². The summed E-state index contributed by atoms with van der Waals surface area (Å²) in [5.74, 6) is -0.189. The Morgan fingerprint density at radius 3 is 2.31 bits per heavy atom. The molecular formula is C10H11Br3N2O. The lowest BCUT2D eigenvalue weighted by molar-refractivity contribution is -0.117. The summed E-state index contributed by atoms with van der Waals surface area (Å²) in [4.78, 5) is 11.6. The second-order valence-corrected chi connectivity index (χ2v) is 5.87. The van der Waals surface area contributed by atoms with Crippen LogP contribution in [0.1, 0.15) is 13.3 Å². The molecule has 0 saturated carbocycles. The lowest BCUT2D eigenvalue weighted by atomic mass is 10.2. The number of hydrogen-bond donors (Lipinski definition) is 2. The Bertz CT molecular complexity index is 386. The molecule has 6 heteroatoms. The summed E-state index contributed by atoms with van der Waals surface area (Å²) < 4.78 is 2.51. The summed E-state index contributed by atoms with van der Waals surface area (Å²) in [5.41, 5.74) is 6.33. The lowest BCUT2D eigenvalue weighted by Gasteiger charge is -2.13. The molecule has 0 fully saturated rings. The zero-order valence-corrected chi connectivity index (χ0v) is 13.3. The molecule has 1 aromatic carbocycles. The van der Waals surface area contributed by atoms with E-state index in [0.29, 0.717) is 12.1 Å². The Hall–Kier alpha value is 0.0900. The zero-order valence-electron chi connectivity index (χ0n) is 8.56. The molecule has 1 aromatic rings. The van der Waals surface area contributed by atoms with Crippen LogP contribution >= 0.6 is 47.8 Å². The van der Waals surface area contributed by atoms with E-state index < -0.39 is 6.04 Å². The molecule has 0 saturated heterocycles. The maximum Gasteiger partial charge on any atom is 0.241 e. The van der Waals surface area contributed by atoms with E-state index in [0.717, 1.165) is 13.4 Å². The first-order chi connectivity index (χ1) is 7.45. The highest BCUT2D eigenvalue weighted by atomic mass is 79.9. The summed E-state index contributed by atoms with van der Waals surface area (Å²) in [5, 5.41) is 2.78. The first-order valence-corrected chi connectivity index (χ1v) is 7.04. The molecule has 0 spiro atoms. The van der Waals surface area contributed by atoms with Crippen molar-refractivity contribution in [2.24, 2.45) is 5.73 Å². The number of nitrogens with two attached hydrogens (primary N) is 1.